The van der Waals surface area contributed by atoms with E-state index < -0.39 is 0 Å². The van der Waals surface area contributed by atoms with Gasteiger partial charge < -0.3 is 15.2 Å². The van der Waals surface area contributed by atoms with Crippen LogP contribution in [0.3, 0.4) is 0 Å². The van der Waals surface area contributed by atoms with Crippen molar-refractivity contribution in [2.24, 2.45) is 5.73 Å². The molecule has 90 valence electrons. The predicted molar refractivity (Wildman–Crippen MR) is 66.0 cm³/mol. The van der Waals surface area contributed by atoms with Crippen LogP contribution in [0.4, 0.5) is 0 Å². The molecule has 0 bridgehead atoms. The van der Waals surface area contributed by atoms with E-state index in [0.29, 0.717) is 6.61 Å². The zero-order chi connectivity index (χ0) is 12.0. The highest BCUT2D eigenvalue weighted by atomic mass is 16.5. The minimum atomic E-state index is 0.0142. The molecule has 1 rings (SSSR count). The SMILES string of the molecule is CCCC(N)c1cc(OCC)ccc1OC. The molecule has 0 fully saturated rings. The van der Waals surface area contributed by atoms with Crippen molar-refractivity contribution in [3.05, 3.63) is 23.8 Å². The summed E-state index contributed by atoms with van der Waals surface area (Å²) in [5.74, 6) is 1.69. The van der Waals surface area contributed by atoms with Gasteiger partial charge in [0.05, 0.1) is 13.7 Å². The zero-order valence-electron chi connectivity index (χ0n) is 10.3. The van der Waals surface area contributed by atoms with Crippen molar-refractivity contribution in [1.29, 1.82) is 0 Å². The van der Waals surface area contributed by atoms with Crippen LogP contribution in [0.1, 0.15) is 38.3 Å². The molecule has 0 aliphatic rings. The fraction of sp³-hybridized carbons (Fsp3) is 0.538. The van der Waals surface area contributed by atoms with Crippen LogP contribution in [0.2, 0.25) is 0 Å². The Morgan fingerprint density at radius 1 is 1.31 bits per heavy atom. The van der Waals surface area contributed by atoms with Gasteiger partial charge in [0.25, 0.3) is 0 Å². The Morgan fingerprint density at radius 3 is 2.62 bits per heavy atom. The fourth-order valence-electron chi connectivity index (χ4n) is 1.73. The van der Waals surface area contributed by atoms with Crippen LogP contribution in [-0.2, 0) is 0 Å². The van der Waals surface area contributed by atoms with Gasteiger partial charge in [-0.1, -0.05) is 13.3 Å². The molecule has 0 saturated heterocycles. The van der Waals surface area contributed by atoms with Crippen LogP contribution >= 0.6 is 0 Å². The third-order valence-electron chi connectivity index (χ3n) is 2.51. The van der Waals surface area contributed by atoms with Crippen LogP contribution < -0.4 is 15.2 Å². The van der Waals surface area contributed by atoms with Crippen molar-refractivity contribution in [2.75, 3.05) is 13.7 Å². The summed E-state index contributed by atoms with van der Waals surface area (Å²) in [6, 6.07) is 5.81. The van der Waals surface area contributed by atoms with Crippen LogP contribution in [0.5, 0.6) is 11.5 Å². The van der Waals surface area contributed by atoms with E-state index in [1.54, 1.807) is 7.11 Å². The largest absolute Gasteiger partial charge is 0.496 e. The second-order valence-electron chi connectivity index (χ2n) is 3.73. The number of rotatable bonds is 6. The molecule has 0 amide bonds. The van der Waals surface area contributed by atoms with E-state index in [2.05, 4.69) is 6.92 Å². The monoisotopic (exact) mass is 223 g/mol. The average molecular weight is 223 g/mol. The Morgan fingerprint density at radius 2 is 2.06 bits per heavy atom. The number of hydrogen-bond acceptors (Lipinski definition) is 3. The predicted octanol–water partition coefficient (Wildman–Crippen LogP) is 2.89. The van der Waals surface area contributed by atoms with Gasteiger partial charge in [-0.15, -0.1) is 0 Å². The molecular weight excluding hydrogens is 202 g/mol. The summed E-state index contributed by atoms with van der Waals surface area (Å²) >= 11 is 0. The number of methoxy groups -OCH3 is 1. The molecule has 3 heteroatoms. The topological polar surface area (TPSA) is 44.5 Å². The molecular formula is C13H21NO2. The van der Waals surface area contributed by atoms with Crippen molar-refractivity contribution < 1.29 is 9.47 Å². The number of nitrogens with two attached hydrogens (primary N) is 1. The van der Waals surface area contributed by atoms with Gasteiger partial charge in [-0.3, -0.25) is 0 Å². The Bertz CT molecular complexity index is 326. The molecule has 0 aliphatic heterocycles. The highest BCUT2D eigenvalue weighted by Gasteiger charge is 2.12. The minimum absolute atomic E-state index is 0.0142. The third-order valence-corrected chi connectivity index (χ3v) is 2.51. The first-order valence-corrected chi connectivity index (χ1v) is 5.79. The lowest BCUT2D eigenvalue weighted by Crippen LogP contribution is -2.11. The van der Waals surface area contributed by atoms with Crippen molar-refractivity contribution >= 4 is 0 Å². The molecule has 3 nitrogen and oxygen atoms in total. The summed E-state index contributed by atoms with van der Waals surface area (Å²) < 4.78 is 10.8. The van der Waals surface area contributed by atoms with E-state index in [-0.39, 0.29) is 6.04 Å². The summed E-state index contributed by atoms with van der Waals surface area (Å²) in [7, 11) is 1.66. The van der Waals surface area contributed by atoms with E-state index in [9.17, 15) is 0 Å². The maximum absolute atomic E-state index is 6.11. The van der Waals surface area contributed by atoms with Crippen molar-refractivity contribution in [3.8, 4) is 11.5 Å². The van der Waals surface area contributed by atoms with Crippen LogP contribution in [0.25, 0.3) is 0 Å². The highest BCUT2D eigenvalue weighted by Crippen LogP contribution is 2.30. The van der Waals surface area contributed by atoms with E-state index in [1.165, 1.54) is 0 Å². The maximum atomic E-state index is 6.11. The first-order chi connectivity index (χ1) is 7.72. The van der Waals surface area contributed by atoms with Crippen molar-refractivity contribution in [3.63, 3.8) is 0 Å². The minimum Gasteiger partial charge on any atom is -0.496 e. The molecule has 0 heterocycles. The molecule has 0 radical (unpaired) electrons. The molecule has 2 N–H and O–H groups in total. The Balaban J connectivity index is 2.96. The van der Waals surface area contributed by atoms with Gasteiger partial charge in [-0.2, -0.15) is 0 Å². The van der Waals surface area contributed by atoms with Gasteiger partial charge in [0, 0.05) is 11.6 Å². The Hall–Kier alpha value is -1.22. The summed E-state index contributed by atoms with van der Waals surface area (Å²) in [5.41, 5.74) is 7.13. The first-order valence-electron chi connectivity index (χ1n) is 5.79. The molecule has 16 heavy (non-hydrogen) atoms. The van der Waals surface area contributed by atoms with Gasteiger partial charge in [0.15, 0.2) is 0 Å². The smallest absolute Gasteiger partial charge is 0.123 e. The summed E-state index contributed by atoms with van der Waals surface area (Å²) in [5, 5.41) is 0. The lowest BCUT2D eigenvalue weighted by Gasteiger charge is -2.16. The lowest BCUT2D eigenvalue weighted by molar-refractivity contribution is 0.337. The van der Waals surface area contributed by atoms with Gasteiger partial charge in [-0.05, 0) is 31.5 Å². The summed E-state index contributed by atoms with van der Waals surface area (Å²) in [6.45, 7) is 4.75. The van der Waals surface area contributed by atoms with E-state index in [1.807, 2.05) is 25.1 Å². The normalized spacial score (nSPS) is 12.2. The lowest BCUT2D eigenvalue weighted by atomic mass is 10.0. The van der Waals surface area contributed by atoms with Crippen molar-refractivity contribution in [1.82, 2.24) is 0 Å². The maximum Gasteiger partial charge on any atom is 0.123 e. The first kappa shape index (κ1) is 12.8. The fourth-order valence-corrected chi connectivity index (χ4v) is 1.73. The Kier molecular flexibility index (Phi) is 5.12. The summed E-state index contributed by atoms with van der Waals surface area (Å²) in [4.78, 5) is 0. The van der Waals surface area contributed by atoms with Gasteiger partial charge in [0.2, 0.25) is 0 Å². The second-order valence-corrected chi connectivity index (χ2v) is 3.73. The third kappa shape index (κ3) is 3.14. The van der Waals surface area contributed by atoms with Crippen LogP contribution in [-0.4, -0.2) is 13.7 Å². The van der Waals surface area contributed by atoms with E-state index in [4.69, 9.17) is 15.2 Å². The molecule has 0 saturated carbocycles. The van der Waals surface area contributed by atoms with Crippen LogP contribution in [0, 0.1) is 0 Å². The van der Waals surface area contributed by atoms with Gasteiger partial charge >= 0.3 is 0 Å². The summed E-state index contributed by atoms with van der Waals surface area (Å²) in [6.07, 6.45) is 2.01. The Labute approximate surface area is 97.6 Å². The van der Waals surface area contributed by atoms with E-state index in [0.717, 1.165) is 29.9 Å². The zero-order valence-corrected chi connectivity index (χ0v) is 10.3. The quantitative estimate of drug-likeness (QED) is 0.806. The molecule has 0 aliphatic carbocycles. The second kappa shape index (κ2) is 6.38. The molecule has 1 aromatic carbocycles. The standard InChI is InChI=1S/C13H21NO2/c1-4-6-12(14)11-9-10(16-5-2)7-8-13(11)15-3/h7-9,12H,4-6,14H2,1-3H3. The van der Waals surface area contributed by atoms with Gasteiger partial charge in [0.1, 0.15) is 11.5 Å². The molecule has 1 unspecified atom stereocenters. The van der Waals surface area contributed by atoms with E-state index >= 15 is 0 Å². The highest BCUT2D eigenvalue weighted by molar-refractivity contribution is 5.42. The number of benzene rings is 1. The average Bonchev–Trinajstić information content (AvgIpc) is 2.30. The molecule has 0 spiro atoms. The molecule has 0 aromatic heterocycles. The number of ether oxygens (including phenoxy) is 2. The number of hydrogen-bond donors (Lipinski definition) is 1. The molecule has 1 atom stereocenters. The van der Waals surface area contributed by atoms with Crippen LogP contribution in [0.15, 0.2) is 18.2 Å². The van der Waals surface area contributed by atoms with Crippen molar-refractivity contribution in [2.45, 2.75) is 32.7 Å². The molecule has 1 aromatic rings. The van der Waals surface area contributed by atoms with Gasteiger partial charge in [-0.25, -0.2) is 0 Å².